The van der Waals surface area contributed by atoms with E-state index < -0.39 is 0 Å². The fourth-order valence-electron chi connectivity index (χ4n) is 2.94. The van der Waals surface area contributed by atoms with Crippen molar-refractivity contribution in [2.45, 2.75) is 6.61 Å². The van der Waals surface area contributed by atoms with Gasteiger partial charge in [-0.2, -0.15) is 0 Å². The van der Waals surface area contributed by atoms with Crippen LogP contribution in [0.3, 0.4) is 0 Å². The molecule has 1 N–H and O–H groups in total. The number of nitrogens with zero attached hydrogens (tertiary/aromatic N) is 1. The monoisotopic (exact) mass is 314 g/mol. The van der Waals surface area contributed by atoms with Gasteiger partial charge >= 0.3 is 6.09 Å². The van der Waals surface area contributed by atoms with Crippen molar-refractivity contribution in [3.63, 3.8) is 0 Å². The smallest absolute Gasteiger partial charge is 0.410 e. The lowest BCUT2D eigenvalue weighted by atomic mass is 10.0. The third-order valence-corrected chi connectivity index (χ3v) is 4.37. The topological polar surface area (TPSA) is 41.6 Å². The molecule has 2 fully saturated rings. The van der Waals surface area contributed by atoms with Crippen LogP contribution in [0.2, 0.25) is 10.0 Å². The zero-order chi connectivity index (χ0) is 14.1. The van der Waals surface area contributed by atoms with Crippen molar-refractivity contribution in [2.24, 2.45) is 11.8 Å². The van der Waals surface area contributed by atoms with Crippen molar-refractivity contribution in [1.29, 1.82) is 0 Å². The summed E-state index contributed by atoms with van der Waals surface area (Å²) in [6, 6.07) is 5.16. The van der Waals surface area contributed by atoms with Crippen molar-refractivity contribution >= 4 is 29.3 Å². The lowest BCUT2D eigenvalue weighted by Crippen LogP contribution is -2.32. The minimum Gasteiger partial charge on any atom is -0.445 e. The highest BCUT2D eigenvalue weighted by Crippen LogP contribution is 2.27. The van der Waals surface area contributed by atoms with Crippen LogP contribution >= 0.6 is 23.2 Å². The highest BCUT2D eigenvalue weighted by atomic mass is 35.5. The second kappa shape index (κ2) is 5.80. The highest BCUT2D eigenvalue weighted by Gasteiger charge is 2.38. The summed E-state index contributed by atoms with van der Waals surface area (Å²) >= 11 is 11.8. The normalized spacial score (nSPS) is 24.8. The summed E-state index contributed by atoms with van der Waals surface area (Å²) in [5.41, 5.74) is 0.803. The highest BCUT2D eigenvalue weighted by molar-refractivity contribution is 6.34. The van der Waals surface area contributed by atoms with Crippen LogP contribution in [-0.2, 0) is 11.3 Å². The Bertz CT molecular complexity index is 492. The Labute approximate surface area is 128 Å². The number of hydrogen-bond acceptors (Lipinski definition) is 3. The van der Waals surface area contributed by atoms with Crippen molar-refractivity contribution in [3.8, 4) is 0 Å². The summed E-state index contributed by atoms with van der Waals surface area (Å²) in [5.74, 6) is 1.14. The van der Waals surface area contributed by atoms with Crippen molar-refractivity contribution < 1.29 is 9.53 Å². The van der Waals surface area contributed by atoms with Gasteiger partial charge in [-0.15, -0.1) is 0 Å². The first-order valence-corrected chi connectivity index (χ1v) is 7.45. The third-order valence-electron chi connectivity index (χ3n) is 3.93. The molecule has 0 aromatic heterocycles. The van der Waals surface area contributed by atoms with Crippen LogP contribution in [0.4, 0.5) is 4.79 Å². The Balaban J connectivity index is 1.54. The van der Waals surface area contributed by atoms with Gasteiger partial charge < -0.3 is 15.0 Å². The first kappa shape index (κ1) is 14.0. The van der Waals surface area contributed by atoms with E-state index in [2.05, 4.69) is 5.32 Å². The number of likely N-dealkylation sites (tertiary alicyclic amines) is 1. The van der Waals surface area contributed by atoms with Gasteiger partial charge in [-0.05, 0) is 35.6 Å². The number of fused-ring (bicyclic) bond motifs is 1. The molecule has 0 aliphatic carbocycles. The van der Waals surface area contributed by atoms with E-state index in [1.165, 1.54) is 0 Å². The molecular weight excluding hydrogens is 299 g/mol. The lowest BCUT2D eigenvalue weighted by Gasteiger charge is -2.17. The molecule has 2 heterocycles. The van der Waals surface area contributed by atoms with E-state index >= 15 is 0 Å². The molecule has 0 saturated carbocycles. The molecule has 2 atom stereocenters. The standard InChI is InChI=1S/C14H16Cl2N2O2/c15-12-1-9(2-13(16)3-12)8-20-14(19)18-6-10-4-17-5-11(10)7-18/h1-3,10-11,17H,4-8H2/t10-,11-/m0/s1. The van der Waals surface area contributed by atoms with E-state index in [0.29, 0.717) is 21.9 Å². The van der Waals surface area contributed by atoms with Gasteiger partial charge in [0.2, 0.25) is 0 Å². The van der Waals surface area contributed by atoms with E-state index in [1.807, 2.05) is 0 Å². The van der Waals surface area contributed by atoms with E-state index in [-0.39, 0.29) is 12.7 Å². The Kier molecular flexibility index (Phi) is 4.06. The molecule has 2 aliphatic heterocycles. The molecule has 0 unspecified atom stereocenters. The van der Waals surface area contributed by atoms with Crippen molar-refractivity contribution in [1.82, 2.24) is 10.2 Å². The predicted molar refractivity (Wildman–Crippen MR) is 78.1 cm³/mol. The number of nitrogens with one attached hydrogen (secondary N) is 1. The summed E-state index contributed by atoms with van der Waals surface area (Å²) in [6.45, 7) is 3.76. The van der Waals surface area contributed by atoms with Crippen molar-refractivity contribution in [2.75, 3.05) is 26.2 Å². The van der Waals surface area contributed by atoms with Crippen LogP contribution in [0.1, 0.15) is 5.56 Å². The third kappa shape index (κ3) is 3.03. The maximum absolute atomic E-state index is 12.0. The molecule has 3 rings (SSSR count). The van der Waals surface area contributed by atoms with Gasteiger partial charge in [-0.1, -0.05) is 23.2 Å². The number of hydrogen-bond donors (Lipinski definition) is 1. The van der Waals surface area contributed by atoms with E-state index in [0.717, 1.165) is 31.7 Å². The maximum Gasteiger partial charge on any atom is 0.410 e. The number of benzene rings is 1. The summed E-state index contributed by atoms with van der Waals surface area (Å²) in [6.07, 6.45) is -0.254. The minimum absolute atomic E-state index is 0.198. The molecule has 0 bridgehead atoms. The molecule has 2 saturated heterocycles. The number of amides is 1. The molecule has 0 radical (unpaired) electrons. The van der Waals surface area contributed by atoms with Gasteiger partial charge in [-0.25, -0.2) is 4.79 Å². The van der Waals surface area contributed by atoms with Crippen LogP contribution < -0.4 is 5.32 Å². The van der Waals surface area contributed by atoms with Crippen LogP contribution in [0.15, 0.2) is 18.2 Å². The fraction of sp³-hybridized carbons (Fsp3) is 0.500. The molecular formula is C14H16Cl2N2O2. The lowest BCUT2D eigenvalue weighted by molar-refractivity contribution is 0.102. The fourth-order valence-corrected chi connectivity index (χ4v) is 3.51. The molecule has 1 aromatic rings. The van der Waals surface area contributed by atoms with E-state index in [4.69, 9.17) is 27.9 Å². The van der Waals surface area contributed by atoms with E-state index in [9.17, 15) is 4.79 Å². The number of carbonyl (C=O) groups is 1. The van der Waals surface area contributed by atoms with Gasteiger partial charge in [0.1, 0.15) is 6.61 Å². The van der Waals surface area contributed by atoms with Gasteiger partial charge in [0.15, 0.2) is 0 Å². The molecule has 4 nitrogen and oxygen atoms in total. The Morgan fingerprint density at radius 1 is 1.20 bits per heavy atom. The first-order valence-electron chi connectivity index (χ1n) is 6.69. The molecule has 0 spiro atoms. The summed E-state index contributed by atoms with van der Waals surface area (Å²) < 4.78 is 5.34. The summed E-state index contributed by atoms with van der Waals surface area (Å²) in [5, 5.41) is 4.44. The average molecular weight is 315 g/mol. The number of halogens is 2. The van der Waals surface area contributed by atoms with Gasteiger partial charge in [0, 0.05) is 36.2 Å². The Morgan fingerprint density at radius 3 is 2.40 bits per heavy atom. The average Bonchev–Trinajstić information content (AvgIpc) is 2.95. The minimum atomic E-state index is -0.254. The SMILES string of the molecule is O=C(OCc1cc(Cl)cc(Cl)c1)N1C[C@@H]2CNC[C@H]2C1. The first-order chi connectivity index (χ1) is 9.61. The Morgan fingerprint density at radius 2 is 1.80 bits per heavy atom. The van der Waals surface area contributed by atoms with Crippen LogP contribution in [0, 0.1) is 11.8 Å². The van der Waals surface area contributed by atoms with Crippen LogP contribution in [-0.4, -0.2) is 37.2 Å². The van der Waals surface area contributed by atoms with Crippen LogP contribution in [0.5, 0.6) is 0 Å². The number of ether oxygens (including phenoxy) is 1. The second-order valence-corrected chi connectivity index (χ2v) is 6.29. The molecule has 108 valence electrons. The van der Waals surface area contributed by atoms with E-state index in [1.54, 1.807) is 23.1 Å². The number of rotatable bonds is 2. The van der Waals surface area contributed by atoms with Gasteiger partial charge in [0.05, 0.1) is 0 Å². The summed E-state index contributed by atoms with van der Waals surface area (Å²) in [7, 11) is 0. The maximum atomic E-state index is 12.0. The zero-order valence-corrected chi connectivity index (χ0v) is 12.5. The van der Waals surface area contributed by atoms with Crippen LogP contribution in [0.25, 0.3) is 0 Å². The molecule has 2 aliphatic rings. The largest absolute Gasteiger partial charge is 0.445 e. The molecule has 6 heteroatoms. The van der Waals surface area contributed by atoms with Crippen molar-refractivity contribution in [3.05, 3.63) is 33.8 Å². The second-order valence-electron chi connectivity index (χ2n) is 5.42. The number of carbonyl (C=O) groups excluding carboxylic acids is 1. The van der Waals surface area contributed by atoms with Gasteiger partial charge in [-0.3, -0.25) is 0 Å². The zero-order valence-electron chi connectivity index (χ0n) is 10.9. The predicted octanol–water partition coefficient (Wildman–Crippen LogP) is 2.78. The Hall–Kier alpha value is -0.970. The molecule has 1 aromatic carbocycles. The molecule has 20 heavy (non-hydrogen) atoms. The quantitative estimate of drug-likeness (QED) is 0.912. The molecule has 1 amide bonds. The van der Waals surface area contributed by atoms with Gasteiger partial charge in [0.25, 0.3) is 0 Å². The summed E-state index contributed by atoms with van der Waals surface area (Å²) in [4.78, 5) is 13.8.